The van der Waals surface area contributed by atoms with Crippen molar-refractivity contribution in [2.24, 2.45) is 5.92 Å². The smallest absolute Gasteiger partial charge is 0.254 e. The van der Waals surface area contributed by atoms with Crippen LogP contribution in [0.1, 0.15) is 72.4 Å². The van der Waals surface area contributed by atoms with Gasteiger partial charge in [0.25, 0.3) is 5.91 Å². The van der Waals surface area contributed by atoms with Gasteiger partial charge in [-0.1, -0.05) is 39.8 Å². The van der Waals surface area contributed by atoms with Gasteiger partial charge in [0.15, 0.2) is 11.5 Å². The van der Waals surface area contributed by atoms with E-state index in [1.54, 1.807) is 34.4 Å². The number of rotatable bonds is 10. The fourth-order valence-corrected chi connectivity index (χ4v) is 6.06. The Morgan fingerprint density at radius 2 is 1.82 bits per heavy atom. The molecule has 1 aromatic heterocycles. The highest BCUT2D eigenvalue weighted by atomic mass is 32.1. The average Bonchev–Trinajstić information content (AvgIpc) is 3.62. The molecule has 0 radical (unpaired) electrons. The van der Waals surface area contributed by atoms with E-state index in [9.17, 15) is 9.59 Å². The highest BCUT2D eigenvalue weighted by Crippen LogP contribution is 2.35. The Bertz CT molecular complexity index is 1330. The van der Waals surface area contributed by atoms with Crippen LogP contribution in [0.25, 0.3) is 0 Å². The van der Waals surface area contributed by atoms with Gasteiger partial charge < -0.3 is 24.0 Å². The van der Waals surface area contributed by atoms with Crippen LogP contribution < -0.4 is 14.2 Å². The quantitative estimate of drug-likeness (QED) is 0.290. The van der Waals surface area contributed by atoms with E-state index >= 15 is 0 Å². The molecule has 1 atom stereocenters. The fourth-order valence-electron chi connectivity index (χ4n) is 5.13. The second kappa shape index (κ2) is 12.3. The zero-order valence-corrected chi connectivity index (χ0v) is 24.5. The average molecular weight is 563 g/mol. The molecule has 5 rings (SSSR count). The number of thiophene rings is 1. The van der Waals surface area contributed by atoms with Gasteiger partial charge in [-0.15, -0.1) is 11.3 Å². The third kappa shape index (κ3) is 6.28. The normalized spacial score (nSPS) is 15.8. The number of carbonyl (C=O) groups excluding carboxylic acids is 2. The van der Waals surface area contributed by atoms with Crippen molar-refractivity contribution in [2.45, 2.75) is 52.5 Å². The van der Waals surface area contributed by atoms with Gasteiger partial charge >= 0.3 is 0 Å². The van der Waals surface area contributed by atoms with Crippen molar-refractivity contribution in [2.75, 3.05) is 33.0 Å². The molecule has 2 aliphatic rings. The zero-order valence-electron chi connectivity index (χ0n) is 23.7. The number of ether oxygens (including phenoxy) is 3. The second-order valence-electron chi connectivity index (χ2n) is 11.2. The van der Waals surface area contributed by atoms with Crippen LogP contribution in [-0.2, 0) is 11.2 Å². The molecule has 212 valence electrons. The molecule has 0 aliphatic carbocycles. The zero-order chi connectivity index (χ0) is 28.2. The van der Waals surface area contributed by atoms with E-state index in [4.69, 9.17) is 14.2 Å². The molecule has 0 unspecified atom stereocenters. The molecular formula is C32H38N2O5S. The molecule has 0 N–H and O–H groups in total. The monoisotopic (exact) mass is 562 g/mol. The highest BCUT2D eigenvalue weighted by Gasteiger charge is 2.34. The van der Waals surface area contributed by atoms with Gasteiger partial charge in [0.05, 0.1) is 6.04 Å². The van der Waals surface area contributed by atoms with Gasteiger partial charge in [0, 0.05) is 23.5 Å². The first kappa shape index (κ1) is 28.0. The van der Waals surface area contributed by atoms with Crippen molar-refractivity contribution in [3.8, 4) is 17.2 Å². The summed E-state index contributed by atoms with van der Waals surface area (Å²) in [6, 6.07) is 15.3. The summed E-state index contributed by atoms with van der Waals surface area (Å²) >= 11 is 1.73. The standard InChI is InChI=1S/C32H38N2O5S/c1-21(2)11-14-33(32(36)24-7-10-28-29(17-24)39-20-38-28)18-31(35)34-15-12-30-26(13-16-40-30)27(34)19-37-25-8-5-23(6-9-25)22(3)4/h5-10,13,16-17,21-22,27H,11-12,14-15,18-20H2,1-4H3/t27-/m1/s1. The molecule has 2 aliphatic heterocycles. The van der Waals surface area contributed by atoms with Crippen LogP contribution in [0.4, 0.5) is 0 Å². The third-order valence-corrected chi connectivity index (χ3v) is 8.58. The Balaban J connectivity index is 1.33. The van der Waals surface area contributed by atoms with E-state index in [0.717, 1.165) is 24.2 Å². The number of hydrogen-bond acceptors (Lipinski definition) is 6. The molecule has 0 saturated carbocycles. The summed E-state index contributed by atoms with van der Waals surface area (Å²) in [5.41, 5.74) is 2.89. The number of benzene rings is 2. The minimum absolute atomic E-state index is 0.0129. The van der Waals surface area contributed by atoms with Gasteiger partial charge in [-0.05, 0) is 77.6 Å². The minimum atomic E-state index is -0.208. The van der Waals surface area contributed by atoms with E-state index in [0.29, 0.717) is 48.6 Å². The molecule has 2 aromatic carbocycles. The molecule has 40 heavy (non-hydrogen) atoms. The lowest BCUT2D eigenvalue weighted by molar-refractivity contribution is -0.135. The van der Waals surface area contributed by atoms with Crippen molar-refractivity contribution in [1.29, 1.82) is 0 Å². The second-order valence-corrected chi connectivity index (χ2v) is 12.2. The van der Waals surface area contributed by atoms with Gasteiger partial charge in [0.1, 0.15) is 18.9 Å². The largest absolute Gasteiger partial charge is 0.491 e. The van der Waals surface area contributed by atoms with Gasteiger partial charge in [-0.25, -0.2) is 0 Å². The molecule has 8 heteroatoms. The molecule has 3 heterocycles. The van der Waals surface area contributed by atoms with Crippen LogP contribution in [0, 0.1) is 5.92 Å². The third-order valence-electron chi connectivity index (χ3n) is 7.58. The van der Waals surface area contributed by atoms with Crippen LogP contribution in [0.2, 0.25) is 0 Å². The van der Waals surface area contributed by atoms with Crippen molar-refractivity contribution >= 4 is 23.2 Å². The first-order valence-electron chi connectivity index (χ1n) is 14.1. The lowest BCUT2D eigenvalue weighted by Gasteiger charge is -2.37. The Labute approximate surface area is 240 Å². The molecule has 2 amide bonds. The van der Waals surface area contributed by atoms with E-state index < -0.39 is 0 Å². The molecule has 0 spiro atoms. The lowest BCUT2D eigenvalue weighted by atomic mass is 10.00. The van der Waals surface area contributed by atoms with Crippen molar-refractivity contribution in [3.63, 3.8) is 0 Å². The number of fused-ring (bicyclic) bond motifs is 2. The Hall–Kier alpha value is -3.52. The van der Waals surface area contributed by atoms with Crippen LogP contribution in [0.3, 0.4) is 0 Å². The molecular weight excluding hydrogens is 524 g/mol. The summed E-state index contributed by atoms with van der Waals surface area (Å²) in [5.74, 6) is 2.57. The maximum Gasteiger partial charge on any atom is 0.254 e. The maximum atomic E-state index is 13.9. The van der Waals surface area contributed by atoms with Crippen LogP contribution in [0.5, 0.6) is 17.2 Å². The van der Waals surface area contributed by atoms with Gasteiger partial charge in [0.2, 0.25) is 12.7 Å². The van der Waals surface area contributed by atoms with E-state index in [-0.39, 0.29) is 31.2 Å². The first-order valence-corrected chi connectivity index (χ1v) is 15.0. The van der Waals surface area contributed by atoms with Crippen LogP contribution >= 0.6 is 11.3 Å². The SMILES string of the molecule is CC(C)CCN(CC(=O)N1CCc2sccc2[C@H]1COc1ccc(C(C)C)cc1)C(=O)c1ccc2c(c1)OCO2. The number of amides is 2. The molecule has 3 aromatic rings. The van der Waals surface area contributed by atoms with Crippen molar-refractivity contribution in [3.05, 3.63) is 75.5 Å². The summed E-state index contributed by atoms with van der Waals surface area (Å²) in [6.07, 6.45) is 1.61. The minimum Gasteiger partial charge on any atom is -0.491 e. The predicted molar refractivity (Wildman–Crippen MR) is 156 cm³/mol. The van der Waals surface area contributed by atoms with Crippen molar-refractivity contribution in [1.82, 2.24) is 9.80 Å². The lowest BCUT2D eigenvalue weighted by Crippen LogP contribution is -2.48. The number of hydrogen-bond donors (Lipinski definition) is 0. The van der Waals surface area contributed by atoms with E-state index in [2.05, 4.69) is 51.3 Å². The Kier molecular flexibility index (Phi) is 8.64. The number of carbonyl (C=O) groups is 2. The Morgan fingerprint density at radius 3 is 2.58 bits per heavy atom. The molecule has 0 bridgehead atoms. The summed E-state index contributed by atoms with van der Waals surface area (Å²) in [4.78, 5) is 32.4. The van der Waals surface area contributed by atoms with Crippen LogP contribution in [0.15, 0.2) is 53.9 Å². The van der Waals surface area contributed by atoms with Gasteiger partial charge in [-0.2, -0.15) is 0 Å². The fraction of sp³-hybridized carbons (Fsp3) is 0.438. The van der Waals surface area contributed by atoms with E-state index in [1.807, 2.05) is 17.0 Å². The molecule has 0 saturated heterocycles. The van der Waals surface area contributed by atoms with Crippen molar-refractivity contribution < 1.29 is 23.8 Å². The van der Waals surface area contributed by atoms with E-state index in [1.165, 1.54) is 10.4 Å². The maximum absolute atomic E-state index is 13.9. The summed E-state index contributed by atoms with van der Waals surface area (Å²) < 4.78 is 17.1. The highest BCUT2D eigenvalue weighted by molar-refractivity contribution is 7.10. The molecule has 0 fully saturated rings. The summed E-state index contributed by atoms with van der Waals surface area (Å²) in [5, 5.41) is 2.08. The first-order chi connectivity index (χ1) is 19.3. The Morgan fingerprint density at radius 1 is 1.05 bits per heavy atom. The predicted octanol–water partition coefficient (Wildman–Crippen LogP) is 6.29. The topological polar surface area (TPSA) is 68.3 Å². The summed E-state index contributed by atoms with van der Waals surface area (Å²) in [7, 11) is 0. The van der Waals surface area contributed by atoms with Crippen LogP contribution in [-0.4, -0.2) is 54.6 Å². The summed E-state index contributed by atoms with van der Waals surface area (Å²) in [6.45, 7) is 10.2. The van der Waals surface area contributed by atoms with Gasteiger partial charge in [-0.3, -0.25) is 9.59 Å². The number of nitrogens with zero attached hydrogens (tertiary/aromatic N) is 2. The molecule has 7 nitrogen and oxygen atoms in total.